The van der Waals surface area contributed by atoms with Crippen molar-refractivity contribution in [2.75, 3.05) is 13.6 Å². The predicted molar refractivity (Wildman–Crippen MR) is 55.7 cm³/mol. The standard InChI is InChI=1S/C11H21NO/c1-12-9-11(13)10-7-5-3-2-4-6-8-10/h7,11-13H,2-6,8-9H2,1H3/b10-7+. The Bertz CT molecular complexity index is 165. The Kier molecular flexibility index (Phi) is 5.09. The monoisotopic (exact) mass is 183 g/mol. The molecule has 0 aromatic rings. The van der Waals surface area contributed by atoms with Gasteiger partial charge in [-0.3, -0.25) is 0 Å². The Morgan fingerprint density at radius 3 is 2.92 bits per heavy atom. The van der Waals surface area contributed by atoms with Gasteiger partial charge >= 0.3 is 0 Å². The van der Waals surface area contributed by atoms with E-state index in [0.717, 1.165) is 12.8 Å². The number of likely N-dealkylation sites (N-methyl/N-ethyl adjacent to an activating group) is 1. The van der Waals surface area contributed by atoms with Crippen LogP contribution in [-0.4, -0.2) is 24.8 Å². The molecule has 76 valence electrons. The molecular weight excluding hydrogens is 162 g/mol. The molecule has 1 aliphatic rings. The summed E-state index contributed by atoms with van der Waals surface area (Å²) in [7, 11) is 1.88. The van der Waals surface area contributed by atoms with Gasteiger partial charge in [0.2, 0.25) is 0 Å². The Morgan fingerprint density at radius 2 is 2.15 bits per heavy atom. The molecule has 2 nitrogen and oxygen atoms in total. The van der Waals surface area contributed by atoms with Gasteiger partial charge < -0.3 is 10.4 Å². The van der Waals surface area contributed by atoms with Gasteiger partial charge in [-0.25, -0.2) is 0 Å². The highest BCUT2D eigenvalue weighted by Crippen LogP contribution is 2.19. The first-order valence-corrected chi connectivity index (χ1v) is 5.36. The van der Waals surface area contributed by atoms with Gasteiger partial charge in [0.1, 0.15) is 0 Å². The largest absolute Gasteiger partial charge is 0.387 e. The van der Waals surface area contributed by atoms with Crippen LogP contribution < -0.4 is 5.32 Å². The van der Waals surface area contributed by atoms with Crippen molar-refractivity contribution in [3.63, 3.8) is 0 Å². The van der Waals surface area contributed by atoms with Gasteiger partial charge in [0, 0.05) is 6.54 Å². The molecule has 1 atom stereocenters. The second kappa shape index (κ2) is 6.17. The topological polar surface area (TPSA) is 32.3 Å². The van der Waals surface area contributed by atoms with Gasteiger partial charge in [0.15, 0.2) is 0 Å². The lowest BCUT2D eigenvalue weighted by molar-refractivity contribution is 0.204. The highest BCUT2D eigenvalue weighted by atomic mass is 16.3. The first kappa shape index (κ1) is 10.7. The van der Waals surface area contributed by atoms with E-state index < -0.39 is 0 Å². The van der Waals surface area contributed by atoms with Crippen molar-refractivity contribution < 1.29 is 5.11 Å². The summed E-state index contributed by atoms with van der Waals surface area (Å²) in [6, 6.07) is 0. The molecule has 1 unspecified atom stereocenters. The van der Waals surface area contributed by atoms with Crippen LogP contribution in [-0.2, 0) is 0 Å². The van der Waals surface area contributed by atoms with Gasteiger partial charge in [-0.05, 0) is 38.3 Å². The average Bonchev–Trinajstić information content (AvgIpc) is 2.03. The van der Waals surface area contributed by atoms with E-state index in [2.05, 4.69) is 11.4 Å². The Balaban J connectivity index is 2.43. The summed E-state index contributed by atoms with van der Waals surface area (Å²) < 4.78 is 0. The Morgan fingerprint density at radius 1 is 1.38 bits per heavy atom. The fourth-order valence-electron chi connectivity index (χ4n) is 1.84. The Hall–Kier alpha value is -0.340. The van der Waals surface area contributed by atoms with Crippen molar-refractivity contribution in [1.29, 1.82) is 0 Å². The summed E-state index contributed by atoms with van der Waals surface area (Å²) in [4.78, 5) is 0. The van der Waals surface area contributed by atoms with Crippen molar-refractivity contribution in [3.8, 4) is 0 Å². The van der Waals surface area contributed by atoms with Gasteiger partial charge in [-0.15, -0.1) is 0 Å². The van der Waals surface area contributed by atoms with Gasteiger partial charge in [0.25, 0.3) is 0 Å². The zero-order chi connectivity index (χ0) is 9.52. The number of hydrogen-bond donors (Lipinski definition) is 2. The fraction of sp³-hybridized carbons (Fsp3) is 0.818. The highest BCUT2D eigenvalue weighted by molar-refractivity contribution is 5.09. The first-order valence-electron chi connectivity index (χ1n) is 5.36. The van der Waals surface area contributed by atoms with Crippen molar-refractivity contribution in [2.45, 2.75) is 44.6 Å². The number of aliphatic hydroxyl groups is 1. The molecule has 0 spiro atoms. The van der Waals surface area contributed by atoms with Crippen LogP contribution in [0.2, 0.25) is 0 Å². The minimum Gasteiger partial charge on any atom is -0.387 e. The SMILES string of the molecule is CNCC(O)/C1=C/CCCCCC1. The first-order chi connectivity index (χ1) is 6.34. The summed E-state index contributed by atoms with van der Waals surface area (Å²) in [6.07, 6.45) is 9.42. The molecule has 13 heavy (non-hydrogen) atoms. The third-order valence-electron chi connectivity index (χ3n) is 2.65. The predicted octanol–water partition coefficient (Wildman–Crippen LogP) is 1.85. The number of aliphatic hydroxyl groups excluding tert-OH is 1. The number of nitrogens with one attached hydrogen (secondary N) is 1. The van der Waals surface area contributed by atoms with Crippen LogP contribution in [0, 0.1) is 0 Å². The van der Waals surface area contributed by atoms with Crippen LogP contribution in [0.4, 0.5) is 0 Å². The zero-order valence-corrected chi connectivity index (χ0v) is 8.55. The molecule has 0 radical (unpaired) electrons. The fourth-order valence-corrected chi connectivity index (χ4v) is 1.84. The van der Waals surface area contributed by atoms with E-state index in [9.17, 15) is 5.11 Å². The van der Waals surface area contributed by atoms with E-state index in [1.165, 1.54) is 31.3 Å². The van der Waals surface area contributed by atoms with Crippen LogP contribution in [0.5, 0.6) is 0 Å². The third-order valence-corrected chi connectivity index (χ3v) is 2.65. The van der Waals surface area contributed by atoms with Gasteiger partial charge in [0.05, 0.1) is 6.10 Å². The third kappa shape index (κ3) is 3.92. The summed E-state index contributed by atoms with van der Waals surface area (Å²) >= 11 is 0. The molecule has 0 aromatic heterocycles. The zero-order valence-electron chi connectivity index (χ0n) is 8.55. The number of rotatable bonds is 3. The molecular formula is C11H21NO. The van der Waals surface area contributed by atoms with Gasteiger partial charge in [-0.1, -0.05) is 18.9 Å². The summed E-state index contributed by atoms with van der Waals surface area (Å²) in [5.41, 5.74) is 1.24. The molecule has 1 aliphatic carbocycles. The lowest BCUT2D eigenvalue weighted by atomic mass is 9.96. The smallest absolute Gasteiger partial charge is 0.0874 e. The maximum absolute atomic E-state index is 9.76. The lowest BCUT2D eigenvalue weighted by Crippen LogP contribution is -2.25. The van der Waals surface area contributed by atoms with Crippen molar-refractivity contribution in [1.82, 2.24) is 5.32 Å². The molecule has 0 amide bonds. The van der Waals surface area contributed by atoms with E-state index in [4.69, 9.17) is 0 Å². The van der Waals surface area contributed by atoms with E-state index in [-0.39, 0.29) is 6.10 Å². The van der Waals surface area contributed by atoms with E-state index in [0.29, 0.717) is 6.54 Å². The van der Waals surface area contributed by atoms with E-state index in [1.807, 2.05) is 7.05 Å². The molecule has 2 N–H and O–H groups in total. The quantitative estimate of drug-likeness (QED) is 0.654. The second-order valence-electron chi connectivity index (χ2n) is 3.81. The normalized spacial score (nSPS) is 25.5. The van der Waals surface area contributed by atoms with Crippen molar-refractivity contribution in [2.24, 2.45) is 0 Å². The molecule has 0 heterocycles. The van der Waals surface area contributed by atoms with Gasteiger partial charge in [-0.2, -0.15) is 0 Å². The molecule has 0 bridgehead atoms. The summed E-state index contributed by atoms with van der Waals surface area (Å²) in [5.74, 6) is 0. The number of hydrogen-bond acceptors (Lipinski definition) is 2. The maximum Gasteiger partial charge on any atom is 0.0874 e. The minimum atomic E-state index is -0.261. The number of allylic oxidation sites excluding steroid dienone is 1. The molecule has 2 heteroatoms. The molecule has 0 saturated heterocycles. The lowest BCUT2D eigenvalue weighted by Gasteiger charge is -2.16. The van der Waals surface area contributed by atoms with Crippen molar-refractivity contribution >= 4 is 0 Å². The van der Waals surface area contributed by atoms with Crippen molar-refractivity contribution in [3.05, 3.63) is 11.6 Å². The molecule has 0 fully saturated rings. The minimum absolute atomic E-state index is 0.261. The molecule has 0 aliphatic heterocycles. The van der Waals surface area contributed by atoms with E-state index >= 15 is 0 Å². The maximum atomic E-state index is 9.76. The average molecular weight is 183 g/mol. The molecule has 0 saturated carbocycles. The van der Waals surface area contributed by atoms with Crippen LogP contribution in [0.25, 0.3) is 0 Å². The van der Waals surface area contributed by atoms with Crippen LogP contribution >= 0.6 is 0 Å². The molecule has 1 rings (SSSR count). The highest BCUT2D eigenvalue weighted by Gasteiger charge is 2.10. The Labute approximate surface area is 81.0 Å². The molecule has 0 aromatic carbocycles. The van der Waals surface area contributed by atoms with Crippen LogP contribution in [0.1, 0.15) is 38.5 Å². The summed E-state index contributed by atoms with van der Waals surface area (Å²) in [5, 5.41) is 12.8. The second-order valence-corrected chi connectivity index (χ2v) is 3.81. The van der Waals surface area contributed by atoms with Crippen LogP contribution in [0.15, 0.2) is 11.6 Å². The van der Waals surface area contributed by atoms with E-state index in [1.54, 1.807) is 0 Å². The summed E-state index contributed by atoms with van der Waals surface area (Å²) in [6.45, 7) is 0.686. The van der Waals surface area contributed by atoms with Crippen LogP contribution in [0.3, 0.4) is 0 Å².